The van der Waals surface area contributed by atoms with E-state index in [9.17, 15) is 9.59 Å². The van der Waals surface area contributed by atoms with Crippen LogP contribution in [0.4, 0.5) is 0 Å². The molecular formula is C15H18N2O3. The molecule has 0 spiro atoms. The van der Waals surface area contributed by atoms with E-state index >= 15 is 0 Å². The fourth-order valence-electron chi connectivity index (χ4n) is 2.68. The van der Waals surface area contributed by atoms with E-state index in [1.165, 1.54) is 10.5 Å². The van der Waals surface area contributed by atoms with Gasteiger partial charge >= 0.3 is 5.97 Å². The van der Waals surface area contributed by atoms with Crippen molar-refractivity contribution in [3.8, 4) is 0 Å². The number of carboxylic acids is 1. The molecule has 1 saturated carbocycles. The quantitative estimate of drug-likeness (QED) is 0.860. The van der Waals surface area contributed by atoms with Crippen LogP contribution in [0.25, 0.3) is 0 Å². The summed E-state index contributed by atoms with van der Waals surface area (Å²) in [5.41, 5.74) is 3.02. The summed E-state index contributed by atoms with van der Waals surface area (Å²) >= 11 is 0. The summed E-state index contributed by atoms with van der Waals surface area (Å²) in [6, 6.07) is 5.83. The van der Waals surface area contributed by atoms with Gasteiger partial charge in [-0.25, -0.2) is 0 Å². The molecule has 0 aromatic heterocycles. The number of fused-ring (bicyclic) bond motifs is 1. The van der Waals surface area contributed by atoms with Crippen molar-refractivity contribution in [3.05, 3.63) is 34.9 Å². The second-order valence-corrected chi connectivity index (χ2v) is 5.47. The van der Waals surface area contributed by atoms with Crippen molar-refractivity contribution in [3.63, 3.8) is 0 Å². The van der Waals surface area contributed by atoms with Gasteiger partial charge in [-0.1, -0.05) is 6.07 Å². The Balaban J connectivity index is 1.83. The van der Waals surface area contributed by atoms with E-state index in [-0.39, 0.29) is 18.5 Å². The summed E-state index contributed by atoms with van der Waals surface area (Å²) in [7, 11) is 0. The number of carbonyl (C=O) groups is 2. The van der Waals surface area contributed by atoms with Crippen molar-refractivity contribution in [2.24, 2.45) is 0 Å². The van der Waals surface area contributed by atoms with Crippen molar-refractivity contribution < 1.29 is 14.7 Å². The Morgan fingerprint density at radius 3 is 2.80 bits per heavy atom. The molecule has 1 amide bonds. The van der Waals surface area contributed by atoms with E-state index in [0.29, 0.717) is 5.56 Å². The Hall–Kier alpha value is -1.88. The molecule has 2 N–H and O–H groups in total. The Labute approximate surface area is 117 Å². The summed E-state index contributed by atoms with van der Waals surface area (Å²) in [6.07, 6.45) is 2.79. The number of rotatable bonds is 4. The zero-order valence-electron chi connectivity index (χ0n) is 11.3. The van der Waals surface area contributed by atoms with E-state index in [1.54, 1.807) is 0 Å². The normalized spacial score (nSPS) is 17.4. The summed E-state index contributed by atoms with van der Waals surface area (Å²) in [5, 5.41) is 12.2. The van der Waals surface area contributed by atoms with Crippen LogP contribution >= 0.6 is 0 Å². The molecule has 0 saturated heterocycles. The Kier molecular flexibility index (Phi) is 3.44. The number of hydrogen-bond acceptors (Lipinski definition) is 3. The molecule has 1 fully saturated rings. The number of benzene rings is 1. The van der Waals surface area contributed by atoms with Gasteiger partial charge in [0, 0.05) is 18.2 Å². The molecule has 0 radical (unpaired) electrons. The molecule has 106 valence electrons. The van der Waals surface area contributed by atoms with E-state index < -0.39 is 5.97 Å². The molecular weight excluding hydrogens is 256 g/mol. The van der Waals surface area contributed by atoms with Gasteiger partial charge in [0.2, 0.25) is 0 Å². The third kappa shape index (κ3) is 2.67. The maximum Gasteiger partial charge on any atom is 0.323 e. The van der Waals surface area contributed by atoms with Crippen LogP contribution in [-0.4, -0.2) is 41.0 Å². The zero-order chi connectivity index (χ0) is 14.1. The van der Waals surface area contributed by atoms with Crippen molar-refractivity contribution >= 4 is 11.9 Å². The number of carbonyl (C=O) groups excluding carboxylic acids is 1. The lowest BCUT2D eigenvalue weighted by Gasteiger charge is -2.22. The molecule has 0 atom stereocenters. The van der Waals surface area contributed by atoms with E-state index in [4.69, 9.17) is 5.11 Å². The first-order valence-electron chi connectivity index (χ1n) is 7.00. The van der Waals surface area contributed by atoms with Crippen molar-refractivity contribution in [2.75, 3.05) is 13.1 Å². The van der Waals surface area contributed by atoms with Gasteiger partial charge in [0.05, 0.1) is 0 Å². The van der Waals surface area contributed by atoms with Crippen LogP contribution < -0.4 is 5.32 Å². The lowest BCUT2D eigenvalue weighted by Crippen LogP contribution is -2.37. The number of nitrogens with zero attached hydrogens (tertiary/aromatic N) is 1. The molecule has 1 aromatic rings. The number of nitrogens with one attached hydrogen (secondary N) is 1. The molecule has 20 heavy (non-hydrogen) atoms. The second-order valence-electron chi connectivity index (χ2n) is 5.47. The first-order valence-corrected chi connectivity index (χ1v) is 7.00. The van der Waals surface area contributed by atoms with Crippen molar-refractivity contribution in [1.29, 1.82) is 0 Å². The van der Waals surface area contributed by atoms with Gasteiger partial charge < -0.3 is 15.3 Å². The molecule has 3 rings (SSSR count). The van der Waals surface area contributed by atoms with Crippen LogP contribution in [0.5, 0.6) is 0 Å². The van der Waals surface area contributed by atoms with Gasteiger partial charge in [-0.05, 0) is 49.1 Å². The van der Waals surface area contributed by atoms with Gasteiger partial charge in [0.25, 0.3) is 5.91 Å². The fraction of sp³-hybridized carbons (Fsp3) is 0.467. The molecule has 0 unspecified atom stereocenters. The highest BCUT2D eigenvalue weighted by Crippen LogP contribution is 2.28. The molecule has 1 aliphatic carbocycles. The van der Waals surface area contributed by atoms with Crippen LogP contribution in [0.15, 0.2) is 18.2 Å². The minimum absolute atomic E-state index is 0.104. The van der Waals surface area contributed by atoms with E-state index in [0.717, 1.165) is 37.9 Å². The Morgan fingerprint density at radius 2 is 2.10 bits per heavy atom. The average Bonchev–Trinajstić information content (AvgIpc) is 3.28. The first kappa shape index (κ1) is 13.1. The minimum atomic E-state index is -0.954. The van der Waals surface area contributed by atoms with E-state index in [2.05, 4.69) is 5.32 Å². The highest BCUT2D eigenvalue weighted by molar-refractivity contribution is 5.96. The summed E-state index contributed by atoms with van der Waals surface area (Å²) in [6.45, 7) is 1.53. The maximum absolute atomic E-state index is 12.5. The molecule has 1 aliphatic heterocycles. The number of carboxylic acid groups (broad SMARTS) is 1. The largest absolute Gasteiger partial charge is 0.480 e. The lowest BCUT2D eigenvalue weighted by molar-refractivity contribution is -0.137. The second kappa shape index (κ2) is 5.25. The molecule has 5 heteroatoms. The maximum atomic E-state index is 12.5. The van der Waals surface area contributed by atoms with Crippen LogP contribution in [-0.2, 0) is 17.8 Å². The van der Waals surface area contributed by atoms with Crippen LogP contribution in [0.1, 0.15) is 34.3 Å². The topological polar surface area (TPSA) is 69.6 Å². The predicted octanol–water partition coefficient (Wildman–Crippen LogP) is 1.02. The van der Waals surface area contributed by atoms with Gasteiger partial charge in [-0.2, -0.15) is 0 Å². The van der Waals surface area contributed by atoms with Gasteiger partial charge in [-0.3, -0.25) is 9.59 Å². The van der Waals surface area contributed by atoms with E-state index in [1.807, 2.05) is 18.2 Å². The summed E-state index contributed by atoms with van der Waals surface area (Å²) < 4.78 is 0. The smallest absolute Gasteiger partial charge is 0.323 e. The standard InChI is InChI=1S/C15H18N2O3/c18-14(19)9-17(13-3-4-13)15(20)11-2-1-10-5-6-16-8-12(10)7-11/h1-2,7,13,16H,3-6,8-9H2,(H,18,19). The lowest BCUT2D eigenvalue weighted by atomic mass is 9.98. The van der Waals surface area contributed by atoms with Gasteiger partial charge in [-0.15, -0.1) is 0 Å². The first-order chi connectivity index (χ1) is 9.65. The van der Waals surface area contributed by atoms with Crippen LogP contribution in [0.3, 0.4) is 0 Å². The Bertz CT molecular complexity index is 552. The number of aliphatic carboxylic acids is 1. The minimum Gasteiger partial charge on any atom is -0.480 e. The fourth-order valence-corrected chi connectivity index (χ4v) is 2.68. The molecule has 0 bridgehead atoms. The SMILES string of the molecule is O=C(O)CN(C(=O)c1ccc2c(c1)CNCC2)C1CC1. The predicted molar refractivity (Wildman–Crippen MR) is 73.5 cm³/mol. The summed E-state index contributed by atoms with van der Waals surface area (Å²) in [4.78, 5) is 24.9. The third-order valence-electron chi connectivity index (χ3n) is 3.89. The average molecular weight is 274 g/mol. The zero-order valence-corrected chi connectivity index (χ0v) is 11.3. The van der Waals surface area contributed by atoms with Crippen LogP contribution in [0.2, 0.25) is 0 Å². The monoisotopic (exact) mass is 274 g/mol. The van der Waals surface area contributed by atoms with Gasteiger partial charge in [0.15, 0.2) is 0 Å². The summed E-state index contributed by atoms with van der Waals surface area (Å²) in [5.74, 6) is -1.12. The number of amides is 1. The van der Waals surface area contributed by atoms with Gasteiger partial charge in [0.1, 0.15) is 6.54 Å². The van der Waals surface area contributed by atoms with Crippen molar-refractivity contribution in [2.45, 2.75) is 31.8 Å². The Morgan fingerprint density at radius 1 is 1.30 bits per heavy atom. The van der Waals surface area contributed by atoms with Crippen molar-refractivity contribution in [1.82, 2.24) is 10.2 Å². The molecule has 1 heterocycles. The number of hydrogen-bond donors (Lipinski definition) is 2. The highest BCUT2D eigenvalue weighted by atomic mass is 16.4. The molecule has 5 nitrogen and oxygen atoms in total. The molecule has 2 aliphatic rings. The van der Waals surface area contributed by atoms with Crippen LogP contribution in [0, 0.1) is 0 Å². The highest BCUT2D eigenvalue weighted by Gasteiger charge is 2.34. The third-order valence-corrected chi connectivity index (χ3v) is 3.89. The molecule has 1 aromatic carbocycles.